The molecule has 0 aliphatic carbocycles. The Balaban J connectivity index is 1.62. The van der Waals surface area contributed by atoms with Gasteiger partial charge in [-0.15, -0.1) is 0 Å². The topological polar surface area (TPSA) is 69.3 Å². The lowest BCUT2D eigenvalue weighted by molar-refractivity contribution is -0.133. The maximum absolute atomic E-state index is 13.5. The van der Waals surface area contributed by atoms with Crippen LogP contribution in [0.2, 0.25) is 0 Å². The summed E-state index contributed by atoms with van der Waals surface area (Å²) in [6.07, 6.45) is 3.58. The number of halogens is 1. The van der Waals surface area contributed by atoms with E-state index in [0.717, 1.165) is 42.4 Å². The average molecular weight is 420 g/mol. The molecule has 160 valence electrons. The highest BCUT2D eigenvalue weighted by atomic mass is 19.1. The number of fused-ring (bicyclic) bond motifs is 1. The second kappa shape index (κ2) is 8.52. The van der Waals surface area contributed by atoms with E-state index in [1.165, 1.54) is 12.1 Å². The molecule has 0 bridgehead atoms. The van der Waals surface area contributed by atoms with Crippen LogP contribution in [0.3, 0.4) is 0 Å². The van der Waals surface area contributed by atoms with Crippen LogP contribution in [-0.2, 0) is 10.2 Å². The van der Waals surface area contributed by atoms with E-state index in [-0.39, 0.29) is 23.2 Å². The summed E-state index contributed by atoms with van der Waals surface area (Å²) < 4.78 is 19.2. The highest BCUT2D eigenvalue weighted by Gasteiger charge is 2.37. The number of furan rings is 1. The number of amides is 1. The molecule has 1 aliphatic rings. The van der Waals surface area contributed by atoms with Crippen molar-refractivity contribution in [3.05, 3.63) is 71.2 Å². The summed E-state index contributed by atoms with van der Waals surface area (Å²) in [5, 5.41) is 13.6. The standard InChI is InChI=1S/C25H26FN3O2/c1-17(22-14-18(16-27)13-19-7-12-31-24(19)22)29(2)23(30)15-25(8-10-28-11-9-25)20-3-5-21(26)6-4-20/h3-7,12-14,17,28H,8-11,15H2,1-2H3. The Hall–Kier alpha value is -3.17. The molecule has 1 amide bonds. The minimum atomic E-state index is -0.321. The van der Waals surface area contributed by atoms with Crippen LogP contribution >= 0.6 is 0 Å². The van der Waals surface area contributed by atoms with Crippen molar-refractivity contribution in [1.82, 2.24) is 10.2 Å². The van der Waals surface area contributed by atoms with Gasteiger partial charge in [0.05, 0.1) is 23.9 Å². The van der Waals surface area contributed by atoms with E-state index in [1.807, 2.05) is 13.0 Å². The van der Waals surface area contributed by atoms with Gasteiger partial charge in [0.15, 0.2) is 0 Å². The third kappa shape index (κ3) is 4.06. The van der Waals surface area contributed by atoms with Gasteiger partial charge in [-0.3, -0.25) is 4.79 Å². The summed E-state index contributed by atoms with van der Waals surface area (Å²) in [5.74, 6) is -0.259. The van der Waals surface area contributed by atoms with Gasteiger partial charge in [0.25, 0.3) is 0 Å². The summed E-state index contributed by atoms with van der Waals surface area (Å²) in [7, 11) is 1.79. The zero-order valence-electron chi connectivity index (χ0n) is 17.8. The van der Waals surface area contributed by atoms with Crippen molar-refractivity contribution >= 4 is 16.9 Å². The fraction of sp³-hybridized carbons (Fsp3) is 0.360. The van der Waals surface area contributed by atoms with Gasteiger partial charge in [0.1, 0.15) is 11.4 Å². The van der Waals surface area contributed by atoms with Gasteiger partial charge in [0, 0.05) is 29.8 Å². The van der Waals surface area contributed by atoms with Crippen LogP contribution in [0.15, 0.2) is 53.1 Å². The number of nitrogens with zero attached hydrogens (tertiary/aromatic N) is 2. The lowest BCUT2D eigenvalue weighted by Gasteiger charge is -2.39. The summed E-state index contributed by atoms with van der Waals surface area (Å²) in [5.41, 5.74) is 2.73. The number of benzene rings is 2. The highest BCUT2D eigenvalue weighted by molar-refractivity contribution is 5.84. The van der Waals surface area contributed by atoms with Gasteiger partial charge < -0.3 is 14.6 Å². The summed E-state index contributed by atoms with van der Waals surface area (Å²) in [4.78, 5) is 15.2. The Morgan fingerprint density at radius 3 is 2.65 bits per heavy atom. The minimum Gasteiger partial charge on any atom is -0.464 e. The highest BCUT2D eigenvalue weighted by Crippen LogP contribution is 2.38. The molecule has 1 aromatic heterocycles. The number of rotatable bonds is 5. The quantitative estimate of drug-likeness (QED) is 0.652. The Kier molecular flexibility index (Phi) is 5.79. The Labute approximate surface area is 181 Å². The van der Waals surface area contributed by atoms with Crippen molar-refractivity contribution in [3.8, 4) is 6.07 Å². The number of nitrogens with one attached hydrogen (secondary N) is 1. The van der Waals surface area contributed by atoms with Crippen molar-refractivity contribution in [1.29, 1.82) is 5.26 Å². The first kappa shape index (κ1) is 21.1. The molecule has 3 aromatic rings. The molecule has 0 spiro atoms. The van der Waals surface area contributed by atoms with Crippen LogP contribution in [0.1, 0.15) is 48.9 Å². The summed E-state index contributed by atoms with van der Waals surface area (Å²) in [6.45, 7) is 3.59. The van der Waals surface area contributed by atoms with Crippen LogP contribution in [0.4, 0.5) is 4.39 Å². The molecule has 1 unspecified atom stereocenters. The van der Waals surface area contributed by atoms with E-state index in [9.17, 15) is 14.4 Å². The predicted octanol–water partition coefficient (Wildman–Crippen LogP) is 4.67. The number of carbonyl (C=O) groups is 1. The fourth-order valence-electron chi connectivity index (χ4n) is 4.60. The van der Waals surface area contributed by atoms with Crippen LogP contribution in [0.5, 0.6) is 0 Å². The predicted molar refractivity (Wildman–Crippen MR) is 117 cm³/mol. The molecule has 4 rings (SSSR count). The fourth-order valence-corrected chi connectivity index (χ4v) is 4.60. The summed E-state index contributed by atoms with van der Waals surface area (Å²) in [6, 6.07) is 13.9. The molecule has 2 aromatic carbocycles. The van der Waals surface area contributed by atoms with Crippen molar-refractivity contribution in [3.63, 3.8) is 0 Å². The van der Waals surface area contributed by atoms with Crippen molar-refractivity contribution < 1.29 is 13.6 Å². The largest absolute Gasteiger partial charge is 0.464 e. The monoisotopic (exact) mass is 419 g/mol. The third-order valence-electron chi connectivity index (χ3n) is 6.64. The van der Waals surface area contributed by atoms with Gasteiger partial charge in [-0.1, -0.05) is 12.1 Å². The van der Waals surface area contributed by atoms with E-state index in [1.54, 1.807) is 42.5 Å². The second-order valence-corrected chi connectivity index (χ2v) is 8.41. The number of nitriles is 1. The Bertz CT molecular complexity index is 1120. The number of piperidine rings is 1. The van der Waals surface area contributed by atoms with E-state index in [0.29, 0.717) is 17.6 Å². The van der Waals surface area contributed by atoms with Gasteiger partial charge in [-0.2, -0.15) is 5.26 Å². The van der Waals surface area contributed by atoms with Gasteiger partial charge >= 0.3 is 0 Å². The first-order valence-electron chi connectivity index (χ1n) is 10.6. The molecular weight excluding hydrogens is 393 g/mol. The third-order valence-corrected chi connectivity index (χ3v) is 6.64. The average Bonchev–Trinajstić information content (AvgIpc) is 3.27. The molecule has 2 heterocycles. The van der Waals surface area contributed by atoms with Crippen molar-refractivity contribution in [2.24, 2.45) is 0 Å². The van der Waals surface area contributed by atoms with E-state index >= 15 is 0 Å². The molecule has 1 aliphatic heterocycles. The van der Waals surface area contributed by atoms with Gasteiger partial charge in [0.2, 0.25) is 5.91 Å². The number of carbonyl (C=O) groups excluding carboxylic acids is 1. The smallest absolute Gasteiger partial charge is 0.223 e. The van der Waals surface area contributed by atoms with Crippen LogP contribution in [0.25, 0.3) is 11.0 Å². The molecule has 1 atom stereocenters. The van der Waals surface area contributed by atoms with Gasteiger partial charge in [-0.05, 0) is 68.8 Å². The molecule has 1 fully saturated rings. The van der Waals surface area contributed by atoms with Crippen LogP contribution in [-0.4, -0.2) is 30.9 Å². The molecule has 6 heteroatoms. The number of hydrogen-bond donors (Lipinski definition) is 1. The molecule has 1 saturated heterocycles. The lowest BCUT2D eigenvalue weighted by atomic mass is 9.70. The van der Waals surface area contributed by atoms with Crippen molar-refractivity contribution in [2.75, 3.05) is 20.1 Å². The molecule has 31 heavy (non-hydrogen) atoms. The van der Waals surface area contributed by atoms with Gasteiger partial charge in [-0.25, -0.2) is 4.39 Å². The van der Waals surface area contributed by atoms with Crippen LogP contribution < -0.4 is 5.32 Å². The summed E-state index contributed by atoms with van der Waals surface area (Å²) >= 11 is 0. The molecule has 0 saturated carbocycles. The first-order chi connectivity index (χ1) is 14.9. The van der Waals surface area contributed by atoms with Crippen molar-refractivity contribution in [2.45, 2.75) is 37.6 Å². The van der Waals surface area contributed by atoms with E-state index in [2.05, 4.69) is 11.4 Å². The number of hydrogen-bond acceptors (Lipinski definition) is 4. The molecule has 0 radical (unpaired) electrons. The van der Waals surface area contributed by atoms with E-state index < -0.39 is 0 Å². The Morgan fingerprint density at radius 2 is 1.97 bits per heavy atom. The normalized spacial score (nSPS) is 16.6. The zero-order valence-corrected chi connectivity index (χ0v) is 17.8. The SMILES string of the molecule is CC(c1cc(C#N)cc2ccoc12)N(C)C(=O)CC1(c2ccc(F)cc2)CCNCC1. The molecule has 1 N–H and O–H groups in total. The Morgan fingerprint density at radius 1 is 1.26 bits per heavy atom. The second-order valence-electron chi connectivity index (χ2n) is 8.41. The zero-order chi connectivity index (χ0) is 22.0. The molecule has 5 nitrogen and oxygen atoms in total. The lowest BCUT2D eigenvalue weighted by Crippen LogP contribution is -2.44. The maximum Gasteiger partial charge on any atom is 0.223 e. The van der Waals surface area contributed by atoms with Crippen LogP contribution in [0, 0.1) is 17.1 Å². The minimum absolute atomic E-state index is 0.0146. The first-order valence-corrected chi connectivity index (χ1v) is 10.6. The van der Waals surface area contributed by atoms with E-state index in [4.69, 9.17) is 4.42 Å². The molecular formula is C25H26FN3O2. The maximum atomic E-state index is 13.5.